The number of hydrogen-bond acceptors (Lipinski definition) is 4. The first-order chi connectivity index (χ1) is 8.75. The number of allylic oxidation sites excluding steroid dienone is 1. The van der Waals surface area contributed by atoms with Gasteiger partial charge in [0.1, 0.15) is 0 Å². The molecule has 18 heavy (non-hydrogen) atoms. The molecule has 1 aromatic rings. The Hall–Kier alpha value is -1.68. The Morgan fingerprint density at radius 3 is 2.67 bits per heavy atom. The standard InChI is InChI=1S/C12H16N4.C2H6/c13-10-1-2-12(14)9(7-10)8-16-11-3-5-15-6-4-11;1-2/h3-6,8,10H,1-2,7,13-14H2;1-2H3. The zero-order valence-corrected chi connectivity index (χ0v) is 11.1. The van der Waals surface area contributed by atoms with E-state index in [4.69, 9.17) is 11.5 Å². The summed E-state index contributed by atoms with van der Waals surface area (Å²) in [7, 11) is 0. The highest BCUT2D eigenvalue weighted by Gasteiger charge is 2.14. The summed E-state index contributed by atoms with van der Waals surface area (Å²) in [5.74, 6) is 0. The second kappa shape index (κ2) is 7.61. The Labute approximate surface area is 109 Å². The topological polar surface area (TPSA) is 77.3 Å². The fourth-order valence-corrected chi connectivity index (χ4v) is 1.74. The van der Waals surface area contributed by atoms with Crippen LogP contribution in [0.25, 0.3) is 0 Å². The van der Waals surface area contributed by atoms with Gasteiger partial charge in [0.25, 0.3) is 0 Å². The van der Waals surface area contributed by atoms with Crippen LogP contribution < -0.4 is 11.5 Å². The number of pyridine rings is 1. The van der Waals surface area contributed by atoms with Crippen LogP contribution in [0.15, 0.2) is 40.8 Å². The number of rotatable bonds is 2. The van der Waals surface area contributed by atoms with E-state index in [9.17, 15) is 0 Å². The molecule has 0 fully saturated rings. The van der Waals surface area contributed by atoms with Gasteiger partial charge in [-0.25, -0.2) is 0 Å². The first-order valence-electron chi connectivity index (χ1n) is 6.43. The van der Waals surface area contributed by atoms with Crippen LogP contribution in [-0.2, 0) is 0 Å². The van der Waals surface area contributed by atoms with Gasteiger partial charge in [0, 0.05) is 30.3 Å². The molecule has 4 nitrogen and oxygen atoms in total. The van der Waals surface area contributed by atoms with Gasteiger partial charge >= 0.3 is 0 Å². The van der Waals surface area contributed by atoms with Crippen LogP contribution in [0.3, 0.4) is 0 Å². The van der Waals surface area contributed by atoms with Crippen LogP contribution in [-0.4, -0.2) is 17.2 Å². The number of nitrogens with two attached hydrogens (primary N) is 2. The lowest BCUT2D eigenvalue weighted by atomic mass is 9.93. The van der Waals surface area contributed by atoms with Crippen molar-refractivity contribution >= 4 is 11.9 Å². The highest BCUT2D eigenvalue weighted by Crippen LogP contribution is 2.20. The molecule has 1 aliphatic rings. The van der Waals surface area contributed by atoms with Crippen LogP contribution in [0.5, 0.6) is 0 Å². The zero-order valence-electron chi connectivity index (χ0n) is 11.1. The van der Waals surface area contributed by atoms with Gasteiger partial charge < -0.3 is 11.5 Å². The molecule has 0 radical (unpaired) electrons. The fourth-order valence-electron chi connectivity index (χ4n) is 1.74. The normalized spacial score (nSPS) is 19.6. The lowest BCUT2D eigenvalue weighted by Gasteiger charge is -2.20. The lowest BCUT2D eigenvalue weighted by Crippen LogP contribution is -2.26. The number of aliphatic imine (C=N–C) groups is 1. The molecule has 0 saturated heterocycles. The van der Waals surface area contributed by atoms with E-state index in [0.717, 1.165) is 36.2 Å². The average Bonchev–Trinajstić information content (AvgIpc) is 2.43. The van der Waals surface area contributed by atoms with Gasteiger partial charge in [-0.05, 0) is 37.0 Å². The predicted octanol–water partition coefficient (Wildman–Crippen LogP) is 2.53. The van der Waals surface area contributed by atoms with Gasteiger partial charge in [-0.3, -0.25) is 9.98 Å². The van der Waals surface area contributed by atoms with Crippen molar-refractivity contribution in [2.45, 2.75) is 39.2 Å². The minimum Gasteiger partial charge on any atom is -0.402 e. The largest absolute Gasteiger partial charge is 0.402 e. The molecular weight excluding hydrogens is 224 g/mol. The van der Waals surface area contributed by atoms with E-state index >= 15 is 0 Å². The third-order valence-corrected chi connectivity index (χ3v) is 2.71. The van der Waals surface area contributed by atoms with Gasteiger partial charge in [-0.2, -0.15) is 0 Å². The smallest absolute Gasteiger partial charge is 0.0660 e. The van der Waals surface area contributed by atoms with Crippen molar-refractivity contribution < 1.29 is 0 Å². The molecule has 4 heteroatoms. The van der Waals surface area contributed by atoms with Crippen molar-refractivity contribution in [3.05, 3.63) is 35.8 Å². The monoisotopic (exact) mass is 246 g/mol. The van der Waals surface area contributed by atoms with Crippen molar-refractivity contribution in [2.75, 3.05) is 0 Å². The highest BCUT2D eigenvalue weighted by molar-refractivity contribution is 5.82. The predicted molar refractivity (Wildman–Crippen MR) is 76.8 cm³/mol. The first kappa shape index (κ1) is 14.4. The van der Waals surface area contributed by atoms with E-state index in [1.165, 1.54) is 0 Å². The molecule has 1 atom stereocenters. The summed E-state index contributed by atoms with van der Waals surface area (Å²) in [4.78, 5) is 8.29. The van der Waals surface area contributed by atoms with Crippen LogP contribution in [0.1, 0.15) is 33.1 Å². The molecule has 1 aliphatic carbocycles. The molecule has 98 valence electrons. The fraction of sp³-hybridized carbons (Fsp3) is 0.429. The van der Waals surface area contributed by atoms with Crippen LogP contribution >= 0.6 is 0 Å². The summed E-state index contributed by atoms with van der Waals surface area (Å²) >= 11 is 0. The van der Waals surface area contributed by atoms with E-state index in [0.29, 0.717) is 0 Å². The minimum absolute atomic E-state index is 0.214. The Morgan fingerprint density at radius 1 is 1.33 bits per heavy atom. The van der Waals surface area contributed by atoms with Crippen LogP contribution in [0.2, 0.25) is 0 Å². The third kappa shape index (κ3) is 4.30. The Bertz CT molecular complexity index is 409. The number of nitrogens with zero attached hydrogens (tertiary/aromatic N) is 2. The van der Waals surface area contributed by atoms with E-state index in [-0.39, 0.29) is 6.04 Å². The molecule has 0 aliphatic heterocycles. The molecule has 0 amide bonds. The summed E-state index contributed by atoms with van der Waals surface area (Å²) < 4.78 is 0. The summed E-state index contributed by atoms with van der Waals surface area (Å²) in [6.07, 6.45) is 7.93. The SMILES string of the molecule is CC.NC1=C(C=Nc2ccncc2)CC(N)CC1. The summed E-state index contributed by atoms with van der Waals surface area (Å²) in [6, 6.07) is 3.93. The molecule has 0 spiro atoms. The first-order valence-corrected chi connectivity index (χ1v) is 6.43. The van der Waals surface area contributed by atoms with Gasteiger partial charge in [-0.15, -0.1) is 0 Å². The van der Waals surface area contributed by atoms with Gasteiger partial charge in [0.05, 0.1) is 5.69 Å². The van der Waals surface area contributed by atoms with Crippen LogP contribution in [0.4, 0.5) is 5.69 Å². The molecular formula is C14H22N4. The van der Waals surface area contributed by atoms with E-state index < -0.39 is 0 Å². The van der Waals surface area contributed by atoms with E-state index in [2.05, 4.69) is 9.98 Å². The summed E-state index contributed by atoms with van der Waals surface area (Å²) in [6.45, 7) is 4.00. The molecule has 1 heterocycles. The van der Waals surface area contributed by atoms with Crippen LogP contribution in [0, 0.1) is 0 Å². The number of aromatic nitrogens is 1. The van der Waals surface area contributed by atoms with Gasteiger partial charge in [0.15, 0.2) is 0 Å². The molecule has 1 aromatic heterocycles. The molecule has 0 bridgehead atoms. The summed E-state index contributed by atoms with van der Waals surface area (Å²) in [5, 5.41) is 0. The van der Waals surface area contributed by atoms with Crippen molar-refractivity contribution in [2.24, 2.45) is 16.5 Å². The van der Waals surface area contributed by atoms with Crippen molar-refractivity contribution in [3.63, 3.8) is 0 Å². The molecule has 4 N–H and O–H groups in total. The summed E-state index contributed by atoms with van der Waals surface area (Å²) in [5.41, 5.74) is 14.7. The average molecular weight is 246 g/mol. The third-order valence-electron chi connectivity index (χ3n) is 2.71. The Balaban J connectivity index is 0.000000771. The highest BCUT2D eigenvalue weighted by atomic mass is 14.7. The quantitative estimate of drug-likeness (QED) is 0.787. The second-order valence-electron chi connectivity index (χ2n) is 4.02. The minimum atomic E-state index is 0.214. The maximum atomic E-state index is 5.93. The number of hydrogen-bond donors (Lipinski definition) is 2. The van der Waals surface area contributed by atoms with Crippen molar-refractivity contribution in [1.29, 1.82) is 0 Å². The molecule has 0 saturated carbocycles. The lowest BCUT2D eigenvalue weighted by molar-refractivity contribution is 0.578. The molecule has 1 unspecified atom stereocenters. The second-order valence-corrected chi connectivity index (χ2v) is 4.02. The maximum absolute atomic E-state index is 5.93. The Morgan fingerprint density at radius 2 is 2.00 bits per heavy atom. The molecule has 0 aromatic carbocycles. The van der Waals surface area contributed by atoms with Crippen molar-refractivity contribution in [1.82, 2.24) is 4.98 Å². The van der Waals surface area contributed by atoms with Gasteiger partial charge in [0.2, 0.25) is 0 Å². The maximum Gasteiger partial charge on any atom is 0.0660 e. The van der Waals surface area contributed by atoms with E-state index in [1.807, 2.05) is 32.2 Å². The molecule has 2 rings (SSSR count). The van der Waals surface area contributed by atoms with E-state index in [1.54, 1.807) is 12.4 Å². The van der Waals surface area contributed by atoms with Crippen molar-refractivity contribution in [3.8, 4) is 0 Å². The zero-order chi connectivity index (χ0) is 13.4. The van der Waals surface area contributed by atoms with Gasteiger partial charge in [-0.1, -0.05) is 13.8 Å². The Kier molecular flexibility index (Phi) is 6.08.